The van der Waals surface area contributed by atoms with Gasteiger partial charge < -0.3 is 19.2 Å². The van der Waals surface area contributed by atoms with Crippen LogP contribution >= 0.6 is 0 Å². The molecule has 0 aliphatic rings. The van der Waals surface area contributed by atoms with Gasteiger partial charge in [-0.05, 0) is 66.4 Å². The highest BCUT2D eigenvalue weighted by Crippen LogP contribution is 2.26. The number of benzene rings is 2. The van der Waals surface area contributed by atoms with Crippen LogP contribution in [-0.4, -0.2) is 10.9 Å². The minimum atomic E-state index is -0.121. The molecule has 1 amide bonds. The topological polar surface area (TPSA) is 73.6 Å². The number of nitrogens with one attached hydrogen (secondary N) is 1. The lowest BCUT2D eigenvalue weighted by atomic mass is 10.0. The predicted octanol–water partition coefficient (Wildman–Crippen LogP) is 5.52. The molecule has 0 saturated heterocycles. The monoisotopic (exact) mass is 456 g/mol. The van der Waals surface area contributed by atoms with Crippen LogP contribution in [0, 0.1) is 13.8 Å². The summed E-state index contributed by atoms with van der Waals surface area (Å²) in [4.78, 5) is 16.9. The summed E-state index contributed by atoms with van der Waals surface area (Å²) in [6.45, 7) is 5.67. The molecule has 2 heterocycles. The van der Waals surface area contributed by atoms with Gasteiger partial charge in [-0.15, -0.1) is 0 Å². The van der Waals surface area contributed by atoms with E-state index in [0.29, 0.717) is 31.9 Å². The van der Waals surface area contributed by atoms with Crippen LogP contribution in [0.15, 0.2) is 83.7 Å². The Morgan fingerprint density at radius 1 is 0.912 bits per heavy atom. The average Bonchev–Trinajstić information content (AvgIpc) is 3.36. The first-order chi connectivity index (χ1) is 16.6. The Labute approximate surface area is 199 Å². The number of carbonyl (C=O) groups is 1. The van der Waals surface area contributed by atoms with Gasteiger partial charge in [0.25, 0.3) is 5.91 Å². The number of aryl methyl sites for hydroxylation is 2. The lowest BCUT2D eigenvalue weighted by Gasteiger charge is -2.14. The minimum absolute atomic E-state index is 0.121. The largest absolute Gasteiger partial charge is 0.488 e. The number of pyridine rings is 1. The molecule has 4 aromatic rings. The molecule has 0 radical (unpaired) electrons. The number of carbonyl (C=O) groups excluding carboxylic acids is 1. The molecule has 0 fully saturated rings. The van der Waals surface area contributed by atoms with Gasteiger partial charge in [-0.1, -0.05) is 30.3 Å². The van der Waals surface area contributed by atoms with Crippen LogP contribution in [0.5, 0.6) is 5.75 Å². The van der Waals surface area contributed by atoms with Crippen LogP contribution < -0.4 is 10.1 Å². The van der Waals surface area contributed by atoms with Gasteiger partial charge in [-0.25, -0.2) is 0 Å². The van der Waals surface area contributed by atoms with E-state index in [1.54, 1.807) is 18.7 Å². The van der Waals surface area contributed by atoms with Gasteiger partial charge >= 0.3 is 0 Å². The van der Waals surface area contributed by atoms with Crippen LogP contribution in [0.1, 0.15) is 43.9 Å². The van der Waals surface area contributed by atoms with Crippen molar-refractivity contribution >= 4 is 5.91 Å². The number of rotatable bonds is 10. The van der Waals surface area contributed by atoms with Crippen molar-refractivity contribution in [3.05, 3.63) is 118 Å². The van der Waals surface area contributed by atoms with Gasteiger partial charge in [-0.3, -0.25) is 9.78 Å². The van der Waals surface area contributed by atoms with Gasteiger partial charge in [-0.2, -0.15) is 0 Å². The zero-order valence-electron chi connectivity index (χ0n) is 19.4. The Morgan fingerprint density at radius 3 is 2.44 bits per heavy atom. The van der Waals surface area contributed by atoms with Gasteiger partial charge in [0.1, 0.15) is 24.7 Å². The molecular weight excluding hydrogens is 428 g/mol. The van der Waals surface area contributed by atoms with Crippen molar-refractivity contribution < 1.29 is 18.7 Å². The Morgan fingerprint density at radius 2 is 1.71 bits per heavy atom. The van der Waals surface area contributed by atoms with Gasteiger partial charge in [0.05, 0.1) is 12.9 Å². The number of hydrogen-bond donors (Lipinski definition) is 1. The molecule has 0 saturated carbocycles. The molecule has 0 unspecified atom stereocenters. The highest BCUT2D eigenvalue weighted by Gasteiger charge is 2.12. The zero-order valence-corrected chi connectivity index (χ0v) is 19.4. The quantitative estimate of drug-likeness (QED) is 0.340. The van der Waals surface area contributed by atoms with Gasteiger partial charge in [0, 0.05) is 30.1 Å². The molecule has 1 N–H and O–H groups in total. The van der Waals surface area contributed by atoms with Crippen LogP contribution in [0.4, 0.5) is 0 Å². The van der Waals surface area contributed by atoms with E-state index in [1.807, 2.05) is 74.5 Å². The fraction of sp³-hybridized carbons (Fsp3) is 0.214. The summed E-state index contributed by atoms with van der Waals surface area (Å²) in [7, 11) is 0. The molecule has 2 aromatic carbocycles. The van der Waals surface area contributed by atoms with Crippen molar-refractivity contribution in [1.82, 2.24) is 10.3 Å². The van der Waals surface area contributed by atoms with Crippen LogP contribution in [0.25, 0.3) is 0 Å². The van der Waals surface area contributed by atoms with E-state index in [1.165, 1.54) is 0 Å². The molecule has 34 heavy (non-hydrogen) atoms. The molecule has 2 aromatic heterocycles. The molecule has 174 valence electrons. The first-order valence-electron chi connectivity index (χ1n) is 11.2. The molecule has 0 spiro atoms. The number of ether oxygens (including phenoxy) is 2. The summed E-state index contributed by atoms with van der Waals surface area (Å²) in [5.74, 6) is 1.47. The second-order valence-electron chi connectivity index (χ2n) is 8.16. The molecule has 0 aliphatic carbocycles. The third-order valence-corrected chi connectivity index (χ3v) is 5.37. The van der Waals surface area contributed by atoms with Crippen molar-refractivity contribution in [1.29, 1.82) is 0 Å². The lowest BCUT2D eigenvalue weighted by molar-refractivity contribution is 0.0928. The maximum absolute atomic E-state index is 12.8. The zero-order chi connectivity index (χ0) is 23.8. The molecule has 4 rings (SSSR count). The fourth-order valence-electron chi connectivity index (χ4n) is 3.73. The smallest absolute Gasteiger partial charge is 0.251 e. The third kappa shape index (κ3) is 6.33. The lowest BCUT2D eigenvalue weighted by Crippen LogP contribution is -2.23. The highest BCUT2D eigenvalue weighted by atomic mass is 16.5. The van der Waals surface area contributed by atoms with E-state index in [4.69, 9.17) is 13.9 Å². The predicted molar refractivity (Wildman–Crippen MR) is 129 cm³/mol. The molecular formula is C28H28N2O4. The number of nitrogens with zero attached hydrogens (tertiary/aromatic N) is 1. The van der Waals surface area contributed by atoms with Crippen molar-refractivity contribution in [3.8, 4) is 5.75 Å². The van der Waals surface area contributed by atoms with Crippen LogP contribution in [-0.2, 0) is 31.1 Å². The van der Waals surface area contributed by atoms with E-state index in [0.717, 1.165) is 39.3 Å². The van der Waals surface area contributed by atoms with Crippen molar-refractivity contribution in [2.45, 2.75) is 40.2 Å². The molecule has 0 bridgehead atoms. The normalized spacial score (nSPS) is 10.8. The number of furan rings is 1. The number of aromatic nitrogens is 1. The Kier molecular flexibility index (Phi) is 7.73. The number of amides is 1. The maximum atomic E-state index is 12.8. The van der Waals surface area contributed by atoms with E-state index in [-0.39, 0.29) is 5.91 Å². The molecule has 0 aliphatic heterocycles. The molecule has 6 heteroatoms. The van der Waals surface area contributed by atoms with Crippen molar-refractivity contribution in [3.63, 3.8) is 0 Å². The SMILES string of the molecule is Cc1cc(C(=O)NCc2cccc(COCc3ccco3)c2)cc(C)c1OCc1cccnc1. The Balaban J connectivity index is 1.32. The second kappa shape index (κ2) is 11.3. The summed E-state index contributed by atoms with van der Waals surface area (Å²) in [5.41, 5.74) is 5.50. The first kappa shape index (κ1) is 23.3. The fourth-order valence-corrected chi connectivity index (χ4v) is 3.73. The Hall–Kier alpha value is -3.90. The third-order valence-electron chi connectivity index (χ3n) is 5.37. The second-order valence-corrected chi connectivity index (χ2v) is 8.16. The van der Waals surface area contributed by atoms with Crippen LogP contribution in [0.3, 0.4) is 0 Å². The van der Waals surface area contributed by atoms with E-state index in [9.17, 15) is 4.79 Å². The summed E-state index contributed by atoms with van der Waals surface area (Å²) in [6, 6.07) is 19.3. The highest BCUT2D eigenvalue weighted by molar-refractivity contribution is 5.94. The minimum Gasteiger partial charge on any atom is -0.488 e. The first-order valence-corrected chi connectivity index (χ1v) is 11.2. The standard InChI is InChI=1S/C28H28N2O4/c1-20-12-25(13-21(2)27(20)34-18-24-8-4-10-29-15-24)28(31)30-16-22-6-3-7-23(14-22)17-32-19-26-9-5-11-33-26/h3-15H,16-19H2,1-2H3,(H,30,31). The summed E-state index contributed by atoms with van der Waals surface area (Å²) in [5, 5.41) is 3.01. The van der Waals surface area contributed by atoms with E-state index in [2.05, 4.69) is 10.3 Å². The molecule has 0 atom stereocenters. The summed E-state index contributed by atoms with van der Waals surface area (Å²) >= 11 is 0. The van der Waals surface area contributed by atoms with Gasteiger partial charge in [0.2, 0.25) is 0 Å². The maximum Gasteiger partial charge on any atom is 0.251 e. The van der Waals surface area contributed by atoms with Crippen LogP contribution in [0.2, 0.25) is 0 Å². The summed E-state index contributed by atoms with van der Waals surface area (Å²) < 4.78 is 17.0. The average molecular weight is 457 g/mol. The summed E-state index contributed by atoms with van der Waals surface area (Å²) in [6.07, 6.45) is 5.15. The number of hydrogen-bond acceptors (Lipinski definition) is 5. The van der Waals surface area contributed by atoms with Crippen molar-refractivity contribution in [2.24, 2.45) is 0 Å². The Bertz CT molecular complexity index is 1200. The van der Waals surface area contributed by atoms with E-state index < -0.39 is 0 Å². The van der Waals surface area contributed by atoms with Crippen molar-refractivity contribution in [2.75, 3.05) is 0 Å². The van der Waals surface area contributed by atoms with Gasteiger partial charge in [0.15, 0.2) is 0 Å². The molecule has 6 nitrogen and oxygen atoms in total. The van der Waals surface area contributed by atoms with E-state index >= 15 is 0 Å².